The third-order valence-electron chi connectivity index (χ3n) is 2.69. The highest BCUT2D eigenvalue weighted by Crippen LogP contribution is 2.20. The quantitative estimate of drug-likeness (QED) is 0.870. The number of hydrogen-bond donors (Lipinski definition) is 2. The summed E-state index contributed by atoms with van der Waals surface area (Å²) in [6.45, 7) is 1.60. The van der Waals surface area contributed by atoms with Crippen LogP contribution in [0.25, 0.3) is 0 Å². The number of benzene rings is 1. The summed E-state index contributed by atoms with van der Waals surface area (Å²) in [6.07, 6.45) is 0.925. The summed E-state index contributed by atoms with van der Waals surface area (Å²) in [6, 6.07) is 4.15. The molecular weight excluding hydrogens is 259 g/mol. The second kappa shape index (κ2) is 6.02. The first-order chi connectivity index (χ1) is 8.65. The Bertz CT molecular complexity index is 436. The average molecular weight is 273 g/mol. The van der Waals surface area contributed by atoms with Crippen LogP contribution >= 0.6 is 11.6 Å². The van der Waals surface area contributed by atoms with Crippen LogP contribution in [0.4, 0.5) is 4.39 Å². The van der Waals surface area contributed by atoms with Crippen LogP contribution in [0, 0.1) is 5.82 Å². The largest absolute Gasteiger partial charge is 0.484 e. The fraction of sp³-hybridized carbons (Fsp3) is 0.417. The van der Waals surface area contributed by atoms with Gasteiger partial charge in [-0.1, -0.05) is 11.6 Å². The Balaban J connectivity index is 1.79. The molecular formula is C12H14ClFN2O2. The van der Waals surface area contributed by atoms with E-state index in [0.717, 1.165) is 19.5 Å². The second-order valence-corrected chi connectivity index (χ2v) is 4.53. The fourth-order valence-electron chi connectivity index (χ4n) is 1.76. The molecule has 1 unspecified atom stereocenters. The van der Waals surface area contributed by atoms with E-state index in [0.29, 0.717) is 5.75 Å². The van der Waals surface area contributed by atoms with Gasteiger partial charge in [0.1, 0.15) is 11.6 Å². The number of nitrogens with one attached hydrogen (secondary N) is 2. The number of halogens is 2. The monoisotopic (exact) mass is 272 g/mol. The lowest BCUT2D eigenvalue weighted by Gasteiger charge is -2.12. The Morgan fingerprint density at radius 3 is 3.11 bits per heavy atom. The molecule has 6 heteroatoms. The molecule has 1 saturated heterocycles. The summed E-state index contributed by atoms with van der Waals surface area (Å²) in [7, 11) is 0. The van der Waals surface area contributed by atoms with Gasteiger partial charge in [0.25, 0.3) is 5.91 Å². The van der Waals surface area contributed by atoms with E-state index in [2.05, 4.69) is 10.6 Å². The lowest BCUT2D eigenvalue weighted by atomic mass is 10.2. The molecule has 18 heavy (non-hydrogen) atoms. The molecule has 0 radical (unpaired) electrons. The molecule has 0 aromatic heterocycles. The summed E-state index contributed by atoms with van der Waals surface area (Å²) >= 11 is 5.60. The summed E-state index contributed by atoms with van der Waals surface area (Å²) in [5.41, 5.74) is 0. The van der Waals surface area contributed by atoms with E-state index in [4.69, 9.17) is 16.3 Å². The van der Waals surface area contributed by atoms with E-state index in [1.807, 2.05) is 0 Å². The highest BCUT2D eigenvalue weighted by atomic mass is 35.5. The molecule has 0 bridgehead atoms. The van der Waals surface area contributed by atoms with Crippen molar-refractivity contribution in [1.82, 2.24) is 10.6 Å². The van der Waals surface area contributed by atoms with Crippen molar-refractivity contribution >= 4 is 17.5 Å². The minimum atomic E-state index is -0.509. The molecule has 1 atom stereocenters. The van der Waals surface area contributed by atoms with Gasteiger partial charge in [-0.25, -0.2) is 4.39 Å². The molecule has 1 heterocycles. The molecule has 1 aliphatic heterocycles. The lowest BCUT2D eigenvalue weighted by Crippen LogP contribution is -2.39. The van der Waals surface area contributed by atoms with Gasteiger partial charge in [0.15, 0.2) is 6.61 Å². The topological polar surface area (TPSA) is 50.4 Å². The Morgan fingerprint density at radius 1 is 1.61 bits per heavy atom. The summed E-state index contributed by atoms with van der Waals surface area (Å²) in [5.74, 6) is -0.323. The number of ether oxygens (including phenoxy) is 1. The average Bonchev–Trinajstić information content (AvgIpc) is 2.83. The van der Waals surface area contributed by atoms with Crippen molar-refractivity contribution in [3.05, 3.63) is 29.0 Å². The maximum absolute atomic E-state index is 12.9. The maximum Gasteiger partial charge on any atom is 0.258 e. The Hall–Kier alpha value is -1.33. The van der Waals surface area contributed by atoms with E-state index in [1.54, 1.807) is 0 Å². The van der Waals surface area contributed by atoms with E-state index in [-0.39, 0.29) is 23.6 Å². The Morgan fingerprint density at radius 2 is 2.44 bits per heavy atom. The van der Waals surface area contributed by atoms with Gasteiger partial charge in [-0.05, 0) is 25.1 Å². The number of carbonyl (C=O) groups excluding carboxylic acids is 1. The van der Waals surface area contributed by atoms with Crippen molar-refractivity contribution in [3.63, 3.8) is 0 Å². The molecule has 2 rings (SSSR count). The molecule has 1 aromatic rings. The molecule has 2 N–H and O–H groups in total. The van der Waals surface area contributed by atoms with Crippen LogP contribution in [0.5, 0.6) is 5.75 Å². The molecule has 1 fully saturated rings. The first kappa shape index (κ1) is 13.1. The van der Waals surface area contributed by atoms with Gasteiger partial charge in [-0.15, -0.1) is 0 Å². The number of carbonyl (C=O) groups is 1. The minimum absolute atomic E-state index is 0.0205. The third-order valence-corrected chi connectivity index (χ3v) is 2.98. The van der Waals surface area contributed by atoms with Crippen molar-refractivity contribution in [2.45, 2.75) is 12.5 Å². The summed E-state index contributed by atoms with van der Waals surface area (Å²) in [4.78, 5) is 11.6. The zero-order chi connectivity index (χ0) is 13.0. The van der Waals surface area contributed by atoms with Crippen LogP contribution in [-0.2, 0) is 4.79 Å². The van der Waals surface area contributed by atoms with Crippen molar-refractivity contribution in [2.24, 2.45) is 0 Å². The molecule has 4 nitrogen and oxygen atoms in total. The third kappa shape index (κ3) is 3.58. The van der Waals surface area contributed by atoms with Gasteiger partial charge >= 0.3 is 0 Å². The minimum Gasteiger partial charge on any atom is -0.484 e. The van der Waals surface area contributed by atoms with Crippen LogP contribution in [0.3, 0.4) is 0 Å². The first-order valence-electron chi connectivity index (χ1n) is 5.73. The molecule has 1 aliphatic rings. The summed E-state index contributed by atoms with van der Waals surface area (Å²) < 4.78 is 18.1. The SMILES string of the molecule is O=C(COc1ccc(F)c(Cl)c1)NC1CCNC1. The van der Waals surface area contributed by atoms with Crippen LogP contribution in [0.2, 0.25) is 5.02 Å². The van der Waals surface area contributed by atoms with Gasteiger partial charge in [0.2, 0.25) is 0 Å². The van der Waals surface area contributed by atoms with Gasteiger partial charge in [0.05, 0.1) is 5.02 Å². The molecule has 0 spiro atoms. The smallest absolute Gasteiger partial charge is 0.258 e. The fourth-order valence-corrected chi connectivity index (χ4v) is 1.93. The lowest BCUT2D eigenvalue weighted by molar-refractivity contribution is -0.123. The van der Waals surface area contributed by atoms with Crippen molar-refractivity contribution in [1.29, 1.82) is 0 Å². The zero-order valence-electron chi connectivity index (χ0n) is 9.71. The summed E-state index contributed by atoms with van der Waals surface area (Å²) in [5, 5.41) is 5.97. The first-order valence-corrected chi connectivity index (χ1v) is 6.11. The number of amides is 1. The maximum atomic E-state index is 12.9. The highest BCUT2D eigenvalue weighted by molar-refractivity contribution is 6.30. The van der Waals surface area contributed by atoms with Crippen molar-refractivity contribution in [2.75, 3.05) is 19.7 Å². The zero-order valence-corrected chi connectivity index (χ0v) is 10.5. The van der Waals surface area contributed by atoms with E-state index < -0.39 is 5.82 Å². The van der Waals surface area contributed by atoms with E-state index in [1.165, 1.54) is 18.2 Å². The van der Waals surface area contributed by atoms with Gasteiger partial charge in [0, 0.05) is 18.7 Å². The number of rotatable bonds is 4. The predicted molar refractivity (Wildman–Crippen MR) is 66.3 cm³/mol. The highest BCUT2D eigenvalue weighted by Gasteiger charge is 2.16. The van der Waals surface area contributed by atoms with Crippen LogP contribution < -0.4 is 15.4 Å². The van der Waals surface area contributed by atoms with Crippen LogP contribution in [-0.4, -0.2) is 31.6 Å². The second-order valence-electron chi connectivity index (χ2n) is 4.12. The van der Waals surface area contributed by atoms with Gasteiger partial charge < -0.3 is 15.4 Å². The van der Waals surface area contributed by atoms with Gasteiger partial charge in [-0.2, -0.15) is 0 Å². The van der Waals surface area contributed by atoms with E-state index >= 15 is 0 Å². The molecule has 98 valence electrons. The van der Waals surface area contributed by atoms with Crippen molar-refractivity contribution < 1.29 is 13.9 Å². The standard InChI is InChI=1S/C12H14ClFN2O2/c13-10-5-9(1-2-11(10)14)18-7-12(17)16-8-3-4-15-6-8/h1-2,5,8,15H,3-4,6-7H2,(H,16,17). The van der Waals surface area contributed by atoms with Crippen LogP contribution in [0.15, 0.2) is 18.2 Å². The molecule has 1 amide bonds. The normalized spacial score (nSPS) is 18.7. The van der Waals surface area contributed by atoms with Crippen molar-refractivity contribution in [3.8, 4) is 5.75 Å². The molecule has 0 saturated carbocycles. The number of hydrogen-bond acceptors (Lipinski definition) is 3. The molecule has 0 aliphatic carbocycles. The Labute approximate surface area is 109 Å². The predicted octanol–water partition coefficient (Wildman–Crippen LogP) is 1.34. The van der Waals surface area contributed by atoms with Crippen LogP contribution in [0.1, 0.15) is 6.42 Å². The van der Waals surface area contributed by atoms with Gasteiger partial charge in [-0.3, -0.25) is 4.79 Å². The molecule has 1 aromatic carbocycles. The Kier molecular flexibility index (Phi) is 4.38. The van der Waals surface area contributed by atoms with E-state index in [9.17, 15) is 9.18 Å².